The van der Waals surface area contributed by atoms with Gasteiger partial charge in [0.15, 0.2) is 9.84 Å². The van der Waals surface area contributed by atoms with Gasteiger partial charge in [-0.05, 0) is 26.2 Å². The number of nitrogens with one attached hydrogen (secondary N) is 1. The van der Waals surface area contributed by atoms with Gasteiger partial charge < -0.3 is 5.32 Å². The third kappa shape index (κ3) is 2.21. The number of sulfone groups is 1. The van der Waals surface area contributed by atoms with Crippen molar-refractivity contribution in [3.63, 3.8) is 0 Å². The maximum absolute atomic E-state index is 11.8. The smallest absolute Gasteiger partial charge is 0.152 e. The Kier molecular flexibility index (Phi) is 2.99. The molecular weight excluding hydrogens is 248 g/mol. The molecule has 3 rings (SSSR count). The van der Waals surface area contributed by atoms with Crippen LogP contribution in [0.25, 0.3) is 0 Å². The van der Waals surface area contributed by atoms with Crippen LogP contribution < -0.4 is 5.32 Å². The minimum atomic E-state index is -2.80. The van der Waals surface area contributed by atoms with Gasteiger partial charge in [-0.25, -0.2) is 8.42 Å². The van der Waals surface area contributed by atoms with E-state index in [1.54, 1.807) is 0 Å². The fourth-order valence-electron chi connectivity index (χ4n) is 4.05. The summed E-state index contributed by atoms with van der Waals surface area (Å²) in [5.74, 6) is 0.733. The van der Waals surface area contributed by atoms with Gasteiger partial charge in [-0.15, -0.1) is 0 Å². The minimum absolute atomic E-state index is 0.115. The van der Waals surface area contributed by atoms with Crippen LogP contribution in [0.4, 0.5) is 0 Å². The van der Waals surface area contributed by atoms with E-state index in [2.05, 4.69) is 17.1 Å². The van der Waals surface area contributed by atoms with Gasteiger partial charge >= 0.3 is 0 Å². The van der Waals surface area contributed by atoms with E-state index in [9.17, 15) is 8.42 Å². The molecule has 0 bridgehead atoms. The molecular formula is C13H24N2O2S. The molecule has 3 fully saturated rings. The summed E-state index contributed by atoms with van der Waals surface area (Å²) in [6, 6.07) is 0. The van der Waals surface area contributed by atoms with Crippen LogP contribution in [-0.2, 0) is 9.84 Å². The molecule has 0 aromatic heterocycles. The third-order valence-corrected chi connectivity index (χ3v) is 7.07. The van der Waals surface area contributed by atoms with Crippen molar-refractivity contribution in [2.24, 2.45) is 0 Å². The first-order valence-electron chi connectivity index (χ1n) is 7.14. The Balaban J connectivity index is 1.76. The molecule has 2 heterocycles. The molecule has 4 nitrogen and oxygen atoms in total. The van der Waals surface area contributed by atoms with Crippen LogP contribution in [0, 0.1) is 0 Å². The van der Waals surface area contributed by atoms with Crippen LogP contribution in [0.3, 0.4) is 0 Å². The fraction of sp³-hybridized carbons (Fsp3) is 1.00. The Bertz CT molecular complexity index is 428. The lowest BCUT2D eigenvalue weighted by Crippen LogP contribution is -2.64. The van der Waals surface area contributed by atoms with Gasteiger partial charge in [-0.1, -0.05) is 12.8 Å². The van der Waals surface area contributed by atoms with Crippen LogP contribution in [0.5, 0.6) is 0 Å². The summed E-state index contributed by atoms with van der Waals surface area (Å²) in [4.78, 5) is 2.46. The summed E-state index contributed by atoms with van der Waals surface area (Å²) in [5, 5.41) is 3.69. The maximum Gasteiger partial charge on any atom is 0.152 e. The van der Waals surface area contributed by atoms with Gasteiger partial charge in [-0.3, -0.25) is 4.90 Å². The molecule has 2 saturated heterocycles. The Labute approximate surface area is 110 Å². The largest absolute Gasteiger partial charge is 0.309 e. The van der Waals surface area contributed by atoms with E-state index >= 15 is 0 Å². The summed E-state index contributed by atoms with van der Waals surface area (Å²) >= 11 is 0. The molecule has 0 amide bonds. The highest BCUT2D eigenvalue weighted by Crippen LogP contribution is 2.37. The molecule has 1 atom stereocenters. The summed E-state index contributed by atoms with van der Waals surface area (Å²) < 4.78 is 23.5. The molecule has 5 heteroatoms. The lowest BCUT2D eigenvalue weighted by atomic mass is 9.89. The topological polar surface area (TPSA) is 49.4 Å². The molecule has 18 heavy (non-hydrogen) atoms. The van der Waals surface area contributed by atoms with Gasteiger partial charge in [0.1, 0.15) is 0 Å². The zero-order chi connectivity index (χ0) is 12.9. The Morgan fingerprint density at radius 1 is 1.17 bits per heavy atom. The number of hydrogen-bond acceptors (Lipinski definition) is 4. The number of hydrogen-bond donors (Lipinski definition) is 1. The van der Waals surface area contributed by atoms with E-state index in [1.165, 1.54) is 25.7 Å². The minimum Gasteiger partial charge on any atom is -0.309 e. The lowest BCUT2D eigenvalue weighted by Gasteiger charge is -2.48. The van der Waals surface area contributed by atoms with Crippen molar-refractivity contribution < 1.29 is 8.42 Å². The van der Waals surface area contributed by atoms with Crippen LogP contribution in [0.15, 0.2) is 0 Å². The number of piperazine rings is 1. The molecule has 3 aliphatic rings. The summed E-state index contributed by atoms with van der Waals surface area (Å²) in [6.45, 7) is 5.19. The second-order valence-corrected chi connectivity index (χ2v) is 8.86. The SMILES string of the molecule is CC1(N2CCNC3(CCCC3)C2)CCS(=O)(=O)C1. The average Bonchev–Trinajstić information content (AvgIpc) is 2.85. The standard InChI is InChI=1S/C13H24N2O2S/c1-12(6-9-18(16,17)11-12)15-8-7-14-13(10-15)4-2-3-5-13/h14H,2-11H2,1H3. The first kappa shape index (κ1) is 12.9. The highest BCUT2D eigenvalue weighted by Gasteiger charge is 2.47. The normalized spacial score (nSPS) is 39.4. The van der Waals surface area contributed by atoms with E-state index in [0.29, 0.717) is 11.5 Å². The van der Waals surface area contributed by atoms with E-state index < -0.39 is 9.84 Å². The predicted molar refractivity (Wildman–Crippen MR) is 72.5 cm³/mol. The highest BCUT2D eigenvalue weighted by atomic mass is 32.2. The Morgan fingerprint density at radius 3 is 2.50 bits per heavy atom. The molecule has 0 aromatic rings. The monoisotopic (exact) mass is 272 g/mol. The van der Waals surface area contributed by atoms with E-state index in [1.807, 2.05) is 0 Å². The highest BCUT2D eigenvalue weighted by molar-refractivity contribution is 7.91. The molecule has 1 N–H and O–H groups in total. The van der Waals surface area contributed by atoms with Gasteiger partial charge in [0.05, 0.1) is 11.5 Å². The molecule has 1 saturated carbocycles. The Morgan fingerprint density at radius 2 is 1.89 bits per heavy atom. The number of rotatable bonds is 1. The van der Waals surface area contributed by atoms with E-state index in [4.69, 9.17) is 0 Å². The second-order valence-electron chi connectivity index (χ2n) is 6.67. The average molecular weight is 272 g/mol. The number of nitrogens with zero attached hydrogens (tertiary/aromatic N) is 1. The Hall–Kier alpha value is -0.130. The fourth-order valence-corrected chi connectivity index (χ4v) is 6.22. The quantitative estimate of drug-likeness (QED) is 0.766. The zero-order valence-electron chi connectivity index (χ0n) is 11.2. The maximum atomic E-state index is 11.8. The lowest BCUT2D eigenvalue weighted by molar-refractivity contribution is 0.0512. The first-order chi connectivity index (χ1) is 8.43. The van der Waals surface area contributed by atoms with Crippen molar-refractivity contribution in [1.82, 2.24) is 10.2 Å². The van der Waals surface area contributed by atoms with E-state index in [0.717, 1.165) is 26.1 Å². The van der Waals surface area contributed by atoms with Crippen molar-refractivity contribution in [2.45, 2.75) is 50.1 Å². The third-order valence-electron chi connectivity index (χ3n) is 5.18. The predicted octanol–water partition coefficient (Wildman–Crippen LogP) is 0.782. The zero-order valence-corrected chi connectivity index (χ0v) is 12.1. The van der Waals surface area contributed by atoms with Crippen LogP contribution in [-0.4, -0.2) is 55.5 Å². The summed E-state index contributed by atoms with van der Waals surface area (Å²) in [7, 11) is -2.80. The van der Waals surface area contributed by atoms with Crippen LogP contribution in [0.2, 0.25) is 0 Å². The molecule has 1 aliphatic carbocycles. The van der Waals surface area contributed by atoms with Gasteiger partial charge in [0, 0.05) is 30.7 Å². The van der Waals surface area contributed by atoms with Crippen molar-refractivity contribution >= 4 is 9.84 Å². The molecule has 2 aliphatic heterocycles. The molecule has 104 valence electrons. The van der Waals surface area contributed by atoms with Crippen molar-refractivity contribution in [2.75, 3.05) is 31.1 Å². The molecule has 0 radical (unpaired) electrons. The van der Waals surface area contributed by atoms with Gasteiger partial charge in [0.2, 0.25) is 0 Å². The molecule has 1 spiro atoms. The van der Waals surface area contributed by atoms with Gasteiger partial charge in [-0.2, -0.15) is 0 Å². The second kappa shape index (κ2) is 4.18. The van der Waals surface area contributed by atoms with Crippen LogP contribution in [0.1, 0.15) is 39.0 Å². The molecule has 1 unspecified atom stereocenters. The van der Waals surface area contributed by atoms with Crippen molar-refractivity contribution in [3.05, 3.63) is 0 Å². The van der Waals surface area contributed by atoms with Crippen LogP contribution >= 0.6 is 0 Å². The summed E-state index contributed by atoms with van der Waals surface area (Å²) in [5.41, 5.74) is 0.171. The van der Waals surface area contributed by atoms with Gasteiger partial charge in [0.25, 0.3) is 0 Å². The van der Waals surface area contributed by atoms with E-state index in [-0.39, 0.29) is 11.1 Å². The molecule has 0 aromatic carbocycles. The summed E-state index contributed by atoms with van der Waals surface area (Å²) in [6.07, 6.45) is 5.95. The van der Waals surface area contributed by atoms with Crippen molar-refractivity contribution in [3.8, 4) is 0 Å². The van der Waals surface area contributed by atoms with Crippen molar-refractivity contribution in [1.29, 1.82) is 0 Å². The first-order valence-corrected chi connectivity index (χ1v) is 8.96.